The largest absolute Gasteiger partial charge is 0.465 e. The predicted octanol–water partition coefficient (Wildman–Crippen LogP) is 1.84. The highest BCUT2D eigenvalue weighted by Gasteiger charge is 2.55. The summed E-state index contributed by atoms with van der Waals surface area (Å²) in [7, 11) is 0. The number of allylic oxidation sites excluding steroid dienone is 1. The number of nitrogens with zero attached hydrogens (tertiary/aromatic N) is 2. The molecule has 3 fully saturated rings. The Labute approximate surface area is 177 Å². The smallest absolute Gasteiger partial charge is 0.313 e. The standard InChI is InChI=1S/C23H29N3O4/c1-16-11-19-15-30-22(29)23(19,12-16)13-18-3-5-20(6-4-18)24-21(28)14-25-7-9-26(10-8-25)17(2)27/h3-6,19H,1,7-15H2,2H3,(H,24,28). The van der Waals surface area contributed by atoms with Crippen LogP contribution in [0.25, 0.3) is 0 Å². The van der Waals surface area contributed by atoms with Gasteiger partial charge in [0.05, 0.1) is 18.6 Å². The lowest BCUT2D eigenvalue weighted by molar-refractivity contribution is -0.146. The van der Waals surface area contributed by atoms with E-state index in [0.29, 0.717) is 52.2 Å². The van der Waals surface area contributed by atoms with Gasteiger partial charge in [-0.15, -0.1) is 0 Å². The van der Waals surface area contributed by atoms with Gasteiger partial charge in [0.15, 0.2) is 0 Å². The molecule has 7 nitrogen and oxygen atoms in total. The average molecular weight is 412 g/mol. The van der Waals surface area contributed by atoms with Crippen LogP contribution < -0.4 is 5.32 Å². The van der Waals surface area contributed by atoms with Crippen molar-refractivity contribution in [2.75, 3.05) is 44.6 Å². The van der Waals surface area contributed by atoms with Gasteiger partial charge in [0.2, 0.25) is 11.8 Å². The Balaban J connectivity index is 1.31. The van der Waals surface area contributed by atoms with Crippen LogP contribution in [-0.2, 0) is 25.5 Å². The first kappa shape index (κ1) is 20.6. The lowest BCUT2D eigenvalue weighted by atomic mass is 9.75. The van der Waals surface area contributed by atoms with E-state index in [1.165, 1.54) is 0 Å². The first-order valence-corrected chi connectivity index (χ1v) is 10.6. The van der Waals surface area contributed by atoms with Gasteiger partial charge < -0.3 is 15.0 Å². The van der Waals surface area contributed by atoms with Crippen molar-refractivity contribution < 1.29 is 19.1 Å². The zero-order chi connectivity index (χ0) is 21.3. The maximum Gasteiger partial charge on any atom is 0.313 e. The summed E-state index contributed by atoms with van der Waals surface area (Å²) >= 11 is 0. The van der Waals surface area contributed by atoms with E-state index in [9.17, 15) is 14.4 Å². The minimum atomic E-state index is -0.468. The Bertz CT molecular complexity index is 858. The predicted molar refractivity (Wildman–Crippen MR) is 113 cm³/mol. The van der Waals surface area contributed by atoms with Crippen LogP contribution in [-0.4, -0.2) is 66.9 Å². The van der Waals surface area contributed by atoms with Gasteiger partial charge in [0.1, 0.15) is 0 Å². The molecule has 0 spiro atoms. The fraction of sp³-hybridized carbons (Fsp3) is 0.522. The Kier molecular flexibility index (Phi) is 5.64. The topological polar surface area (TPSA) is 79.0 Å². The van der Waals surface area contributed by atoms with Crippen molar-refractivity contribution in [1.82, 2.24) is 9.80 Å². The molecule has 3 aliphatic rings. The van der Waals surface area contributed by atoms with E-state index in [1.54, 1.807) is 11.8 Å². The summed E-state index contributed by atoms with van der Waals surface area (Å²) in [5, 5.41) is 2.94. The first-order chi connectivity index (χ1) is 14.4. The van der Waals surface area contributed by atoms with Crippen molar-refractivity contribution in [1.29, 1.82) is 0 Å². The van der Waals surface area contributed by atoms with Crippen molar-refractivity contribution in [2.45, 2.75) is 26.2 Å². The van der Waals surface area contributed by atoms with Crippen LogP contribution >= 0.6 is 0 Å². The monoisotopic (exact) mass is 411 g/mol. The quantitative estimate of drug-likeness (QED) is 0.591. The van der Waals surface area contributed by atoms with Crippen molar-refractivity contribution in [2.24, 2.45) is 11.3 Å². The van der Waals surface area contributed by atoms with Crippen molar-refractivity contribution >= 4 is 23.5 Å². The number of rotatable bonds is 5. The van der Waals surface area contributed by atoms with Gasteiger partial charge in [-0.25, -0.2) is 0 Å². The highest BCUT2D eigenvalue weighted by Crippen LogP contribution is 2.52. The molecule has 160 valence electrons. The lowest BCUT2D eigenvalue weighted by Gasteiger charge is -2.33. The Morgan fingerprint density at radius 1 is 1.20 bits per heavy atom. The number of amides is 2. The number of ether oxygens (including phenoxy) is 1. The maximum atomic E-state index is 12.4. The van der Waals surface area contributed by atoms with Crippen molar-refractivity contribution in [3.05, 3.63) is 42.0 Å². The Morgan fingerprint density at radius 3 is 2.57 bits per heavy atom. The molecule has 7 heteroatoms. The number of fused-ring (bicyclic) bond motifs is 1. The first-order valence-electron chi connectivity index (χ1n) is 10.6. The molecule has 2 heterocycles. The Hall–Kier alpha value is -2.67. The third-order valence-corrected chi connectivity index (χ3v) is 6.65. The molecule has 30 heavy (non-hydrogen) atoms. The SMILES string of the molecule is C=C1CC2COC(=O)C2(Cc2ccc(NC(=O)CN3CCN(C(C)=O)CC3)cc2)C1. The molecule has 0 radical (unpaired) electrons. The van der Waals surface area contributed by atoms with Gasteiger partial charge in [0.25, 0.3) is 0 Å². The molecule has 0 aromatic heterocycles. The van der Waals surface area contributed by atoms with Crippen LogP contribution in [0.2, 0.25) is 0 Å². The minimum Gasteiger partial charge on any atom is -0.465 e. The highest BCUT2D eigenvalue weighted by molar-refractivity contribution is 5.92. The van der Waals surface area contributed by atoms with Gasteiger partial charge >= 0.3 is 5.97 Å². The summed E-state index contributed by atoms with van der Waals surface area (Å²) in [6.45, 7) is 9.20. The van der Waals surface area contributed by atoms with Crippen LogP contribution in [0.15, 0.2) is 36.4 Å². The van der Waals surface area contributed by atoms with Crippen molar-refractivity contribution in [3.8, 4) is 0 Å². The van der Waals surface area contributed by atoms with E-state index in [-0.39, 0.29) is 23.7 Å². The average Bonchev–Trinajstić information content (AvgIpc) is 3.18. The molecule has 2 saturated heterocycles. The highest BCUT2D eigenvalue weighted by atomic mass is 16.5. The van der Waals surface area contributed by atoms with Crippen LogP contribution in [0.3, 0.4) is 0 Å². The van der Waals surface area contributed by atoms with E-state index in [1.807, 2.05) is 24.3 Å². The number of piperazine rings is 1. The number of esters is 1. The maximum absolute atomic E-state index is 12.4. The molecule has 2 atom stereocenters. The number of anilines is 1. The Morgan fingerprint density at radius 2 is 1.90 bits per heavy atom. The number of carbonyl (C=O) groups excluding carboxylic acids is 3. The van der Waals surface area contributed by atoms with E-state index in [0.717, 1.165) is 23.2 Å². The second-order valence-corrected chi connectivity index (χ2v) is 8.79. The molecule has 2 unspecified atom stereocenters. The molecule has 4 rings (SSSR count). The molecular weight excluding hydrogens is 382 g/mol. The number of benzene rings is 1. The number of nitrogens with one attached hydrogen (secondary N) is 1. The number of hydrogen-bond acceptors (Lipinski definition) is 5. The summed E-state index contributed by atoms with van der Waals surface area (Å²) in [5.41, 5.74) is 2.46. The van der Waals surface area contributed by atoms with E-state index >= 15 is 0 Å². The second kappa shape index (κ2) is 8.22. The number of carbonyl (C=O) groups is 3. The molecule has 1 aromatic carbocycles. The molecule has 2 aliphatic heterocycles. The van der Waals surface area contributed by atoms with Gasteiger partial charge in [-0.2, -0.15) is 0 Å². The zero-order valence-electron chi connectivity index (χ0n) is 17.5. The molecule has 1 aromatic rings. The summed E-state index contributed by atoms with van der Waals surface area (Å²) < 4.78 is 5.35. The summed E-state index contributed by atoms with van der Waals surface area (Å²) in [6.07, 6.45) is 2.20. The second-order valence-electron chi connectivity index (χ2n) is 8.79. The molecule has 1 aliphatic carbocycles. The molecule has 1 saturated carbocycles. The van der Waals surface area contributed by atoms with E-state index < -0.39 is 5.41 Å². The van der Waals surface area contributed by atoms with Crippen LogP contribution in [0.5, 0.6) is 0 Å². The van der Waals surface area contributed by atoms with E-state index in [2.05, 4.69) is 16.8 Å². The zero-order valence-corrected chi connectivity index (χ0v) is 17.5. The fourth-order valence-corrected chi connectivity index (χ4v) is 4.96. The van der Waals surface area contributed by atoms with Gasteiger partial charge in [0, 0.05) is 44.7 Å². The van der Waals surface area contributed by atoms with E-state index in [4.69, 9.17) is 4.74 Å². The van der Waals surface area contributed by atoms with Crippen LogP contribution in [0.4, 0.5) is 5.69 Å². The van der Waals surface area contributed by atoms with Crippen molar-refractivity contribution in [3.63, 3.8) is 0 Å². The van der Waals surface area contributed by atoms with Gasteiger partial charge in [-0.05, 0) is 37.0 Å². The normalized spacial score (nSPS) is 26.4. The summed E-state index contributed by atoms with van der Waals surface area (Å²) in [5.74, 6) is 0.135. The molecule has 0 bridgehead atoms. The minimum absolute atomic E-state index is 0.0656. The number of hydrogen-bond donors (Lipinski definition) is 1. The molecule has 1 N–H and O–H groups in total. The third-order valence-electron chi connectivity index (χ3n) is 6.65. The lowest BCUT2D eigenvalue weighted by Crippen LogP contribution is -2.49. The third kappa shape index (κ3) is 4.12. The van der Waals surface area contributed by atoms with Crippen LogP contribution in [0, 0.1) is 11.3 Å². The summed E-state index contributed by atoms with van der Waals surface area (Å²) in [4.78, 5) is 40.1. The summed E-state index contributed by atoms with van der Waals surface area (Å²) in [6, 6.07) is 7.72. The molecular formula is C23H29N3O4. The molecule has 2 amide bonds. The number of cyclic esters (lactones) is 1. The van der Waals surface area contributed by atoms with Crippen LogP contribution in [0.1, 0.15) is 25.3 Å². The van der Waals surface area contributed by atoms with Gasteiger partial charge in [-0.1, -0.05) is 24.3 Å². The fourth-order valence-electron chi connectivity index (χ4n) is 4.96. The van der Waals surface area contributed by atoms with Gasteiger partial charge in [-0.3, -0.25) is 19.3 Å².